The summed E-state index contributed by atoms with van der Waals surface area (Å²) in [5, 5.41) is 0. The van der Waals surface area contributed by atoms with Crippen LogP contribution in [0.5, 0.6) is 0 Å². The monoisotopic (exact) mass is 274 g/mol. The number of anilines is 1. The molecular weight excluding hydrogens is 260 g/mol. The van der Waals surface area contributed by atoms with Gasteiger partial charge in [0.25, 0.3) is 5.56 Å². The van der Waals surface area contributed by atoms with E-state index in [-0.39, 0.29) is 18.4 Å². The topological polar surface area (TPSA) is 57.2 Å². The quantitative estimate of drug-likeness (QED) is 0.916. The van der Waals surface area contributed by atoms with Gasteiger partial charge < -0.3 is 10.5 Å². The lowest BCUT2D eigenvalue weighted by molar-refractivity contribution is 0.0268. The molecule has 0 radical (unpaired) electrons. The molecule has 5 heteroatoms. The molecule has 0 aliphatic carbocycles. The van der Waals surface area contributed by atoms with Crippen LogP contribution in [0.2, 0.25) is 0 Å². The van der Waals surface area contributed by atoms with Gasteiger partial charge in [-0.25, -0.2) is 0 Å². The van der Waals surface area contributed by atoms with Gasteiger partial charge in [-0.15, -0.1) is 0 Å². The molecule has 0 bridgehead atoms. The maximum atomic E-state index is 11.7. The number of nitrogen functional groups attached to an aromatic ring is 1. The Kier molecular flexibility index (Phi) is 3.93. The third-order valence-corrected chi connectivity index (χ3v) is 2.99. The van der Waals surface area contributed by atoms with E-state index in [0.717, 1.165) is 5.56 Å². The summed E-state index contributed by atoms with van der Waals surface area (Å²) in [5.41, 5.74) is 6.97. The van der Waals surface area contributed by atoms with Crippen molar-refractivity contribution in [2.45, 2.75) is 33.6 Å². The molecule has 0 atom stereocenters. The second kappa shape index (κ2) is 4.81. The van der Waals surface area contributed by atoms with Gasteiger partial charge in [0.1, 0.15) is 6.73 Å². The van der Waals surface area contributed by atoms with E-state index < -0.39 is 0 Å². The van der Waals surface area contributed by atoms with E-state index >= 15 is 0 Å². The van der Waals surface area contributed by atoms with Gasteiger partial charge in [0.15, 0.2) is 0 Å². The number of hydrogen-bond donors (Lipinski definition) is 1. The Balaban J connectivity index is 3.05. The average Bonchev–Trinajstić information content (AvgIpc) is 2.18. The minimum absolute atomic E-state index is 0.0817. The molecule has 0 spiro atoms. The van der Waals surface area contributed by atoms with Crippen molar-refractivity contribution in [3.63, 3.8) is 0 Å². The Morgan fingerprint density at radius 3 is 2.73 bits per heavy atom. The molecule has 1 aromatic rings. The van der Waals surface area contributed by atoms with Crippen LogP contribution in [0.4, 0.5) is 5.69 Å². The van der Waals surface area contributed by atoms with Crippen LogP contribution in [0.25, 0.3) is 0 Å². The lowest BCUT2D eigenvalue weighted by Gasteiger charge is -2.12. The van der Waals surface area contributed by atoms with Gasteiger partial charge in [0, 0.05) is 6.20 Å². The summed E-state index contributed by atoms with van der Waals surface area (Å²) >= 11 is 3.22. The first-order chi connectivity index (χ1) is 6.93. The summed E-state index contributed by atoms with van der Waals surface area (Å²) in [7, 11) is 0. The van der Waals surface area contributed by atoms with E-state index in [1.165, 1.54) is 4.57 Å². The molecule has 0 amide bonds. The van der Waals surface area contributed by atoms with E-state index in [9.17, 15) is 4.79 Å². The van der Waals surface area contributed by atoms with Crippen molar-refractivity contribution in [2.75, 3.05) is 5.73 Å². The molecule has 0 unspecified atom stereocenters. The largest absolute Gasteiger partial charge is 0.397 e. The second-order valence-corrected chi connectivity index (χ2v) is 4.44. The minimum Gasteiger partial charge on any atom is -0.397 e. The normalized spacial score (nSPS) is 11.0. The fourth-order valence-electron chi connectivity index (χ4n) is 1.06. The van der Waals surface area contributed by atoms with Crippen LogP contribution in [0.15, 0.2) is 15.5 Å². The van der Waals surface area contributed by atoms with E-state index in [1.54, 1.807) is 13.1 Å². The Morgan fingerprint density at radius 1 is 1.60 bits per heavy atom. The zero-order valence-electron chi connectivity index (χ0n) is 9.08. The van der Waals surface area contributed by atoms with Crippen LogP contribution >= 0.6 is 15.9 Å². The SMILES string of the molecule is Cc1c(N)cn(COC(C)C)c(=O)c1Br. The van der Waals surface area contributed by atoms with Crippen LogP contribution in [-0.2, 0) is 11.5 Å². The lowest BCUT2D eigenvalue weighted by Crippen LogP contribution is -2.24. The first-order valence-corrected chi connectivity index (χ1v) is 5.49. The number of rotatable bonds is 3. The molecule has 2 N–H and O–H groups in total. The third kappa shape index (κ3) is 2.82. The highest BCUT2D eigenvalue weighted by Gasteiger charge is 2.08. The zero-order chi connectivity index (χ0) is 11.6. The van der Waals surface area contributed by atoms with Gasteiger partial charge in [0.2, 0.25) is 0 Å². The molecule has 0 saturated heterocycles. The van der Waals surface area contributed by atoms with Crippen LogP contribution in [0, 0.1) is 6.92 Å². The molecule has 84 valence electrons. The van der Waals surface area contributed by atoms with Crippen LogP contribution in [0.3, 0.4) is 0 Å². The summed E-state index contributed by atoms with van der Waals surface area (Å²) in [6.45, 7) is 5.85. The molecule has 0 saturated carbocycles. The number of pyridine rings is 1. The Bertz CT molecular complexity index is 413. The van der Waals surface area contributed by atoms with Crippen molar-refractivity contribution in [1.29, 1.82) is 0 Å². The van der Waals surface area contributed by atoms with Crippen molar-refractivity contribution in [3.05, 3.63) is 26.6 Å². The molecule has 0 aliphatic rings. The summed E-state index contributed by atoms with van der Waals surface area (Å²) in [5.74, 6) is 0. The Labute approximate surface area is 97.2 Å². The van der Waals surface area contributed by atoms with Crippen molar-refractivity contribution >= 4 is 21.6 Å². The number of nitrogens with two attached hydrogens (primary N) is 1. The Morgan fingerprint density at radius 2 is 2.20 bits per heavy atom. The summed E-state index contributed by atoms with van der Waals surface area (Å²) in [6.07, 6.45) is 1.68. The summed E-state index contributed by atoms with van der Waals surface area (Å²) in [4.78, 5) is 11.7. The molecule has 0 aromatic carbocycles. The highest BCUT2D eigenvalue weighted by Crippen LogP contribution is 2.16. The number of halogens is 1. The van der Waals surface area contributed by atoms with Crippen molar-refractivity contribution in [2.24, 2.45) is 0 Å². The highest BCUT2D eigenvalue weighted by molar-refractivity contribution is 9.10. The summed E-state index contributed by atoms with van der Waals surface area (Å²) in [6, 6.07) is 0. The van der Waals surface area contributed by atoms with Gasteiger partial charge in [-0.3, -0.25) is 9.36 Å². The third-order valence-electron chi connectivity index (χ3n) is 2.05. The molecule has 4 nitrogen and oxygen atoms in total. The lowest BCUT2D eigenvalue weighted by atomic mass is 10.2. The first kappa shape index (κ1) is 12.3. The number of nitrogens with zero attached hydrogens (tertiary/aromatic N) is 1. The number of hydrogen-bond acceptors (Lipinski definition) is 3. The van der Waals surface area contributed by atoms with Crippen molar-refractivity contribution in [1.82, 2.24) is 4.57 Å². The summed E-state index contributed by atoms with van der Waals surface area (Å²) < 4.78 is 7.29. The molecule has 0 aliphatic heterocycles. The molecule has 1 heterocycles. The predicted molar refractivity (Wildman–Crippen MR) is 63.8 cm³/mol. The smallest absolute Gasteiger partial charge is 0.267 e. The predicted octanol–water partition coefficient (Wildman–Crippen LogP) is 1.88. The van der Waals surface area contributed by atoms with Crippen LogP contribution in [-0.4, -0.2) is 10.7 Å². The fraction of sp³-hybridized carbons (Fsp3) is 0.500. The van der Waals surface area contributed by atoms with Gasteiger partial charge in [-0.1, -0.05) is 0 Å². The highest BCUT2D eigenvalue weighted by atomic mass is 79.9. The van der Waals surface area contributed by atoms with Gasteiger partial charge in [0.05, 0.1) is 16.3 Å². The fourth-order valence-corrected chi connectivity index (χ4v) is 1.52. The van der Waals surface area contributed by atoms with E-state index in [0.29, 0.717) is 10.2 Å². The van der Waals surface area contributed by atoms with Crippen LogP contribution < -0.4 is 11.3 Å². The molecule has 1 aromatic heterocycles. The maximum Gasteiger partial charge on any atom is 0.267 e. The van der Waals surface area contributed by atoms with E-state index in [2.05, 4.69) is 15.9 Å². The van der Waals surface area contributed by atoms with Gasteiger partial charge in [-0.2, -0.15) is 0 Å². The molecular formula is C10H15BrN2O2. The molecule has 1 rings (SSSR count). The van der Waals surface area contributed by atoms with Gasteiger partial charge in [-0.05, 0) is 42.3 Å². The average molecular weight is 275 g/mol. The maximum absolute atomic E-state index is 11.7. The zero-order valence-corrected chi connectivity index (χ0v) is 10.7. The standard InChI is InChI=1S/C10H15BrN2O2/c1-6(2)15-5-13-4-8(12)7(3)9(11)10(13)14/h4,6H,5,12H2,1-3H3. The van der Waals surface area contributed by atoms with Crippen LogP contribution in [0.1, 0.15) is 19.4 Å². The van der Waals surface area contributed by atoms with E-state index in [4.69, 9.17) is 10.5 Å². The molecule has 0 fully saturated rings. The number of ether oxygens (including phenoxy) is 1. The molecule has 15 heavy (non-hydrogen) atoms. The second-order valence-electron chi connectivity index (χ2n) is 3.64. The van der Waals surface area contributed by atoms with Gasteiger partial charge >= 0.3 is 0 Å². The van der Waals surface area contributed by atoms with E-state index in [1.807, 2.05) is 13.8 Å². The van der Waals surface area contributed by atoms with Crippen molar-refractivity contribution in [3.8, 4) is 0 Å². The minimum atomic E-state index is -0.123. The number of aromatic nitrogens is 1. The van der Waals surface area contributed by atoms with Crippen molar-refractivity contribution < 1.29 is 4.74 Å². The Hall–Kier alpha value is -0.810. The first-order valence-electron chi connectivity index (χ1n) is 4.70.